The Morgan fingerprint density at radius 2 is 1.18 bits per heavy atom. The van der Waals surface area contributed by atoms with E-state index in [0.717, 1.165) is 45.9 Å². The number of aryl methyl sites for hydroxylation is 4. The quantitative estimate of drug-likeness (QED) is 0.0491. The van der Waals surface area contributed by atoms with E-state index in [9.17, 15) is 9.59 Å². The second-order valence-corrected chi connectivity index (χ2v) is 12.4. The van der Waals surface area contributed by atoms with Crippen LogP contribution in [0.1, 0.15) is 76.3 Å². The van der Waals surface area contributed by atoms with Crippen LogP contribution in [0.25, 0.3) is 5.59 Å². The summed E-state index contributed by atoms with van der Waals surface area (Å²) in [6, 6.07) is 18.6. The number of hydrogen-bond acceptors (Lipinski definition) is 6. The first-order valence-corrected chi connectivity index (χ1v) is 20.2. The van der Waals surface area contributed by atoms with Gasteiger partial charge in [-0.15, -0.1) is 5.22 Å². The van der Waals surface area contributed by atoms with E-state index < -0.39 is 0 Å². The Balaban J connectivity index is -0.000000281. The van der Waals surface area contributed by atoms with Gasteiger partial charge in [0, 0.05) is 46.1 Å². The minimum Gasteiger partial charge on any atom is -0.397 e. The van der Waals surface area contributed by atoms with E-state index in [1.54, 1.807) is 32.7 Å². The molecule has 0 fully saturated rings. The van der Waals surface area contributed by atoms with Gasteiger partial charge in [-0.2, -0.15) is 0 Å². The van der Waals surface area contributed by atoms with Crippen molar-refractivity contribution in [2.45, 2.75) is 80.6 Å². The van der Waals surface area contributed by atoms with Gasteiger partial charge in [-0.1, -0.05) is 128 Å². The van der Waals surface area contributed by atoms with Crippen LogP contribution in [-0.4, -0.2) is 40.6 Å². The summed E-state index contributed by atoms with van der Waals surface area (Å²) in [5.41, 5.74) is 9.58. The molecule has 16 heteroatoms. The smallest absolute Gasteiger partial charge is 0.397 e. The molecule has 4 N–H and O–H groups in total. The number of amides is 1. The van der Waals surface area contributed by atoms with Crippen molar-refractivity contribution in [3.8, 4) is 0 Å². The van der Waals surface area contributed by atoms with Gasteiger partial charge in [0.25, 0.3) is 0 Å². The van der Waals surface area contributed by atoms with Crippen LogP contribution in [0.3, 0.4) is 0 Å². The van der Waals surface area contributed by atoms with Gasteiger partial charge in [0.2, 0.25) is 5.91 Å². The van der Waals surface area contributed by atoms with Crippen LogP contribution in [0, 0.1) is 0 Å². The fourth-order valence-electron chi connectivity index (χ4n) is 3.70. The Kier molecular flexibility index (Phi) is 41.0. The van der Waals surface area contributed by atoms with Crippen molar-refractivity contribution in [3.63, 3.8) is 0 Å². The van der Waals surface area contributed by atoms with E-state index in [1.807, 2.05) is 35.3 Å². The standard InChI is InChI=1S/C11H14BrNO.C11H13BrO.C10H13Br.C2H6O.CH3I.H3N6O.Na/c1-4-9-7-10(5-6-11(9)12)13(3)8(2)14;1-3-10-7-9(6-8(2)13)4-5-11(10)12;1-3-8-5-6-10(11)9(4-2)7-8;1-2-3;1-2;1-2-3-4-5-6-7;/h5-7H,4H2,1-3H3;4-5,7H,3,6H2,1-2H3;5-7H,3-4H2,1-2H3;3H,2H2,1H3;1H3;(H3-,1,2,3,4,5,6,7);/q;;;;;-1;+1. The van der Waals surface area contributed by atoms with E-state index in [1.165, 1.54) is 26.7 Å². The summed E-state index contributed by atoms with van der Waals surface area (Å²) in [5.74, 6) is 4.71. The molecule has 11 nitrogen and oxygen atoms in total. The summed E-state index contributed by atoms with van der Waals surface area (Å²) in [7, 11) is 1.78. The molecule has 280 valence electrons. The number of nitrogens with two attached hydrogens (primary N) is 1. The zero-order valence-electron chi connectivity index (χ0n) is 31.4. The Hall–Kier alpha value is -1.31. The maximum atomic E-state index is 11.1. The third-order valence-electron chi connectivity index (χ3n) is 6.28. The average molecular weight is 1020 g/mol. The summed E-state index contributed by atoms with van der Waals surface area (Å²) >= 11 is 12.6. The van der Waals surface area contributed by atoms with Crippen molar-refractivity contribution in [3.05, 3.63) is 101 Å². The van der Waals surface area contributed by atoms with Crippen LogP contribution in [0.2, 0.25) is 0 Å². The van der Waals surface area contributed by atoms with Crippen molar-refractivity contribution in [2.75, 3.05) is 23.5 Å². The van der Waals surface area contributed by atoms with Crippen molar-refractivity contribution in [2.24, 2.45) is 26.7 Å². The van der Waals surface area contributed by atoms with Gasteiger partial charge in [0.15, 0.2) is 0 Å². The van der Waals surface area contributed by atoms with Crippen molar-refractivity contribution < 1.29 is 49.5 Å². The monoisotopic (exact) mass is 1020 g/mol. The molecule has 0 aliphatic rings. The average Bonchev–Trinajstić information content (AvgIpc) is 3.11. The minimum absolute atomic E-state index is 0. The number of hydrogen-bond donors (Lipinski definition) is 3. The first-order chi connectivity index (χ1) is 23.8. The molecule has 0 aliphatic heterocycles. The van der Waals surface area contributed by atoms with Crippen LogP contribution >= 0.6 is 70.4 Å². The summed E-state index contributed by atoms with van der Waals surface area (Å²) in [5, 5.41) is 25.9. The van der Waals surface area contributed by atoms with Gasteiger partial charge in [-0.05, 0) is 103 Å². The number of aliphatic hydroxyl groups excluding tert-OH is 1. The molecule has 0 unspecified atom stereocenters. The maximum Gasteiger partial charge on any atom is 1.00 e. The number of alkyl halides is 1. The number of carbonyl (C=O) groups is 2. The molecule has 0 aromatic heterocycles. The molecule has 3 aromatic rings. The number of halogens is 4. The van der Waals surface area contributed by atoms with Crippen molar-refractivity contribution >= 4 is 87.8 Å². The van der Waals surface area contributed by atoms with Crippen LogP contribution < -0.4 is 40.3 Å². The van der Waals surface area contributed by atoms with E-state index in [4.69, 9.17) is 10.3 Å². The van der Waals surface area contributed by atoms with Gasteiger partial charge in [-0.25, -0.2) is 10.4 Å². The molecule has 51 heavy (non-hydrogen) atoms. The number of anilines is 1. The number of nitrogens with zero attached hydrogens (tertiary/aromatic N) is 6. The topological polar surface area (TPSA) is 167 Å². The molecule has 0 atom stereocenters. The Labute approximate surface area is 365 Å². The number of aliphatic hydroxyl groups is 1. The number of benzene rings is 3. The normalized spacial score (nSPS) is 9.47. The van der Waals surface area contributed by atoms with E-state index >= 15 is 0 Å². The van der Waals surface area contributed by atoms with Gasteiger partial charge < -0.3 is 21.1 Å². The Bertz CT molecular complexity index is 1440. The van der Waals surface area contributed by atoms with Crippen LogP contribution in [0.5, 0.6) is 0 Å². The molecule has 0 heterocycles. The van der Waals surface area contributed by atoms with E-state index in [2.05, 4.69) is 155 Å². The van der Waals surface area contributed by atoms with Crippen LogP contribution in [-0.2, 0) is 41.7 Å². The van der Waals surface area contributed by atoms with Gasteiger partial charge in [-0.3, -0.25) is 15.2 Å². The van der Waals surface area contributed by atoms with Crippen LogP contribution in [0.4, 0.5) is 5.69 Å². The van der Waals surface area contributed by atoms with Crippen LogP contribution in [0.15, 0.2) is 88.9 Å². The summed E-state index contributed by atoms with van der Waals surface area (Å²) in [6.07, 6.45) is 4.72. The molecule has 0 aliphatic carbocycles. The van der Waals surface area contributed by atoms with Gasteiger partial charge >= 0.3 is 29.6 Å². The zero-order chi connectivity index (χ0) is 39.1. The Morgan fingerprint density at radius 3 is 1.55 bits per heavy atom. The Morgan fingerprint density at radius 1 is 0.765 bits per heavy atom. The molecular weight excluding hydrogens is 972 g/mol. The molecule has 3 aromatic carbocycles. The number of rotatable bonds is 9. The molecule has 0 saturated heterocycles. The van der Waals surface area contributed by atoms with E-state index in [0.29, 0.717) is 6.42 Å². The second-order valence-electron chi connectivity index (χ2n) is 9.79. The molecule has 0 spiro atoms. The second kappa shape index (κ2) is 37.0. The molecule has 1 amide bonds. The molecule has 0 radical (unpaired) electrons. The number of Topliss-reactive ketones (excluding diaryl/α,β-unsaturated/α-hetero) is 1. The minimum atomic E-state index is 0. The number of ketones is 1. The molecule has 3 rings (SSSR count). The fourth-order valence-corrected chi connectivity index (χ4v) is 5.28. The summed E-state index contributed by atoms with van der Waals surface area (Å²) in [6.45, 7) is 13.7. The first kappa shape index (κ1) is 56.4. The van der Waals surface area contributed by atoms with E-state index in [-0.39, 0.29) is 47.9 Å². The van der Waals surface area contributed by atoms with Crippen molar-refractivity contribution in [1.82, 2.24) is 0 Å². The fraction of sp³-hybridized carbons (Fsp3) is 0.429. The van der Waals surface area contributed by atoms with Crippen molar-refractivity contribution in [1.29, 1.82) is 0 Å². The predicted octanol–water partition coefficient (Wildman–Crippen LogP) is 8.12. The third-order valence-corrected chi connectivity index (χ3v) is 8.61. The number of carbonyl (C=O) groups excluding carboxylic acids is 2. The largest absolute Gasteiger partial charge is 1.00 e. The summed E-state index contributed by atoms with van der Waals surface area (Å²) in [4.78, 5) is 25.6. The molecular formula is C35H52Br3IN7NaO4. The van der Waals surface area contributed by atoms with Gasteiger partial charge in [0.1, 0.15) is 5.78 Å². The zero-order valence-corrected chi connectivity index (χ0v) is 40.3. The first-order valence-electron chi connectivity index (χ1n) is 15.7. The third kappa shape index (κ3) is 27.9. The SMILES string of the molecule is CCO.CCc1cc(CC(C)=O)ccc1Br.CCc1cc(N(C)C(C)=O)ccc1Br.CCc1ccc(Br)c(CC)c1.CI.N/N=N/N=N/[N-]O.[Na+]. The molecule has 0 bridgehead atoms. The summed E-state index contributed by atoms with van der Waals surface area (Å²) < 4.78 is 3.46. The predicted molar refractivity (Wildman–Crippen MR) is 225 cm³/mol. The molecule has 0 saturated carbocycles. The van der Waals surface area contributed by atoms with Gasteiger partial charge in [0.05, 0.1) is 0 Å². The maximum absolute atomic E-state index is 11.1.